The van der Waals surface area contributed by atoms with Crippen molar-refractivity contribution >= 4 is 19.7 Å². The molecule has 8 aliphatic rings. The smallest absolute Gasteiger partial charge is 0.111 e. The van der Waals surface area contributed by atoms with Gasteiger partial charge in [-0.1, -0.05) is 0 Å². The normalized spacial score (nSPS) is 56.0. The van der Waals surface area contributed by atoms with Crippen LogP contribution < -0.4 is 0 Å². The predicted octanol–water partition coefficient (Wildman–Crippen LogP) is 4.83. The first-order valence-corrected chi connectivity index (χ1v) is 14.4. The third kappa shape index (κ3) is 2.83. The maximum atomic E-state index is 13.2. The molecule has 2 atom stereocenters. The minimum absolute atomic E-state index is 0.302. The summed E-state index contributed by atoms with van der Waals surface area (Å²) in [5.74, 6) is 6.91. The summed E-state index contributed by atoms with van der Waals surface area (Å²) >= 11 is 0. The van der Waals surface area contributed by atoms with Crippen molar-refractivity contribution in [3.8, 4) is 0 Å². The minimum Gasteiger partial charge on any atom is -0.245 e. The highest BCUT2D eigenvalue weighted by Crippen LogP contribution is 2.62. The van der Waals surface area contributed by atoms with Gasteiger partial charge >= 0.3 is 0 Å². The molecule has 2 unspecified atom stereocenters. The molecule has 0 spiro atoms. The van der Waals surface area contributed by atoms with E-state index in [4.69, 9.17) is 0 Å². The highest BCUT2D eigenvalue weighted by molar-refractivity contribution is 8.61. The molecule has 26 heavy (non-hydrogen) atoms. The summed E-state index contributed by atoms with van der Waals surface area (Å²) in [6.45, 7) is 0. The molecule has 8 saturated carbocycles. The summed E-state index contributed by atoms with van der Waals surface area (Å²) in [5.41, 5.74) is 0.605. The van der Waals surface area contributed by atoms with Crippen LogP contribution >= 0.6 is 0 Å². The Hall–Kier alpha value is 0.300. The number of rotatable bonds is 5. The number of hydrogen-bond acceptors (Lipinski definition) is 2. The van der Waals surface area contributed by atoms with Crippen LogP contribution in [0.2, 0.25) is 0 Å². The van der Waals surface area contributed by atoms with E-state index in [1.54, 1.807) is 0 Å². The van der Waals surface area contributed by atoms with Crippen molar-refractivity contribution in [2.45, 2.75) is 77.0 Å². The first kappa shape index (κ1) is 17.2. The maximum absolute atomic E-state index is 13.2. The molecule has 8 aliphatic carbocycles. The molecule has 8 bridgehead atoms. The van der Waals surface area contributed by atoms with Crippen molar-refractivity contribution in [3.63, 3.8) is 0 Å². The molecule has 0 amide bonds. The Bertz CT molecular complexity index is 528. The molecule has 0 heterocycles. The number of hydrogen-bond donors (Lipinski definition) is 0. The topological polar surface area (TPSA) is 34.1 Å². The van der Waals surface area contributed by atoms with Crippen LogP contribution in [0.15, 0.2) is 0 Å². The van der Waals surface area contributed by atoms with E-state index in [9.17, 15) is 8.42 Å². The molecule has 0 aromatic carbocycles. The van der Waals surface area contributed by atoms with Gasteiger partial charge in [-0.15, -0.1) is 0 Å². The van der Waals surface area contributed by atoms with Gasteiger partial charge in [-0.25, -0.2) is 8.42 Å². The lowest BCUT2D eigenvalue weighted by atomic mass is 9.50. The summed E-state index contributed by atoms with van der Waals surface area (Å²) in [4.78, 5) is 0. The van der Waals surface area contributed by atoms with Gasteiger partial charge < -0.3 is 0 Å². The van der Waals surface area contributed by atoms with Crippen LogP contribution in [-0.2, 0) is 19.7 Å². The zero-order valence-corrected chi connectivity index (χ0v) is 17.6. The lowest BCUT2D eigenvalue weighted by molar-refractivity contribution is -0.0391. The quantitative estimate of drug-likeness (QED) is 0.626. The van der Waals surface area contributed by atoms with Gasteiger partial charge in [0.2, 0.25) is 0 Å². The second-order valence-corrected chi connectivity index (χ2v) is 15.8. The highest BCUT2D eigenvalue weighted by Gasteiger charge is 2.54. The second kappa shape index (κ2) is 5.90. The fraction of sp³-hybridized carbons (Fsp3) is 1.00. The summed E-state index contributed by atoms with van der Waals surface area (Å²) in [6, 6.07) is 0. The monoisotopic (exact) mass is 394 g/mol. The zero-order valence-electron chi connectivity index (χ0n) is 16.0. The van der Waals surface area contributed by atoms with E-state index in [2.05, 4.69) is 0 Å². The van der Waals surface area contributed by atoms with Gasteiger partial charge in [0, 0.05) is 11.5 Å². The van der Waals surface area contributed by atoms with Gasteiger partial charge in [0.1, 0.15) is 19.7 Å². The SMILES string of the molecule is O=S(CC12CC3CC(CC(C3)C1)C2)S(=O)CC12CC3CC(CC(C3)C1)C2. The molecule has 0 saturated heterocycles. The van der Waals surface area contributed by atoms with Crippen molar-refractivity contribution in [1.29, 1.82) is 0 Å². The Morgan fingerprint density at radius 2 is 0.731 bits per heavy atom. The molecular formula is C22H34O2S2. The predicted molar refractivity (Wildman–Crippen MR) is 107 cm³/mol. The second-order valence-electron chi connectivity index (χ2n) is 11.7. The molecule has 0 aliphatic heterocycles. The minimum atomic E-state index is -1.12. The third-order valence-corrected chi connectivity index (χ3v) is 13.4. The van der Waals surface area contributed by atoms with E-state index in [1.807, 2.05) is 0 Å². The van der Waals surface area contributed by atoms with E-state index in [1.165, 1.54) is 77.0 Å². The lowest BCUT2D eigenvalue weighted by Crippen LogP contribution is -2.50. The van der Waals surface area contributed by atoms with Crippen LogP contribution in [0, 0.1) is 46.3 Å². The molecule has 8 rings (SSSR count). The standard InChI is InChI=1S/C22H34O2S2/c23-25(13-21-7-15-1-16(8-21)3-17(2-15)9-21)26(24)14-22-10-18-4-19(11-22)6-20(5-18)12-22/h15-20H,1-14H2. The lowest BCUT2D eigenvalue weighted by Gasteiger charge is -2.57. The van der Waals surface area contributed by atoms with Crippen molar-refractivity contribution in [3.05, 3.63) is 0 Å². The van der Waals surface area contributed by atoms with Crippen LogP contribution in [0.1, 0.15) is 77.0 Å². The Labute approximate surface area is 163 Å². The molecule has 146 valence electrons. The molecule has 2 nitrogen and oxygen atoms in total. The van der Waals surface area contributed by atoms with E-state index in [0.29, 0.717) is 10.8 Å². The molecule has 0 aromatic rings. The van der Waals surface area contributed by atoms with Crippen LogP contribution in [0.3, 0.4) is 0 Å². The first-order valence-electron chi connectivity index (χ1n) is 11.3. The summed E-state index contributed by atoms with van der Waals surface area (Å²) in [6.07, 6.45) is 16.3. The Kier molecular flexibility index (Phi) is 3.90. The van der Waals surface area contributed by atoms with Crippen LogP contribution in [0.5, 0.6) is 0 Å². The Morgan fingerprint density at radius 1 is 0.500 bits per heavy atom. The average Bonchev–Trinajstić information content (AvgIpc) is 2.51. The Morgan fingerprint density at radius 3 is 0.962 bits per heavy atom. The van der Waals surface area contributed by atoms with Gasteiger partial charge in [-0.05, 0) is 123 Å². The molecular weight excluding hydrogens is 360 g/mol. The van der Waals surface area contributed by atoms with E-state index in [0.717, 1.165) is 47.0 Å². The van der Waals surface area contributed by atoms with E-state index in [-0.39, 0.29) is 0 Å². The third-order valence-electron chi connectivity index (χ3n) is 9.39. The molecule has 0 N–H and O–H groups in total. The molecule has 4 heteroatoms. The highest BCUT2D eigenvalue weighted by atomic mass is 33.1. The maximum Gasteiger partial charge on any atom is 0.111 e. The zero-order chi connectivity index (χ0) is 17.5. The van der Waals surface area contributed by atoms with E-state index >= 15 is 0 Å². The van der Waals surface area contributed by atoms with Crippen LogP contribution in [0.4, 0.5) is 0 Å². The van der Waals surface area contributed by atoms with Crippen molar-refractivity contribution in [2.75, 3.05) is 11.5 Å². The van der Waals surface area contributed by atoms with Crippen molar-refractivity contribution in [1.82, 2.24) is 0 Å². The first-order chi connectivity index (χ1) is 12.5. The van der Waals surface area contributed by atoms with Gasteiger partial charge in [-0.2, -0.15) is 0 Å². The van der Waals surface area contributed by atoms with Gasteiger partial charge in [0.15, 0.2) is 0 Å². The van der Waals surface area contributed by atoms with Gasteiger partial charge in [-0.3, -0.25) is 0 Å². The summed E-state index contributed by atoms with van der Waals surface area (Å²) in [7, 11) is -2.23. The fourth-order valence-electron chi connectivity index (χ4n) is 9.57. The van der Waals surface area contributed by atoms with Crippen LogP contribution in [0.25, 0.3) is 0 Å². The summed E-state index contributed by atoms with van der Waals surface area (Å²) in [5, 5.41) is 0. The largest absolute Gasteiger partial charge is 0.245 e. The summed E-state index contributed by atoms with van der Waals surface area (Å²) < 4.78 is 26.3. The van der Waals surface area contributed by atoms with E-state index < -0.39 is 19.7 Å². The molecule has 0 radical (unpaired) electrons. The molecule has 0 aromatic heterocycles. The van der Waals surface area contributed by atoms with Crippen LogP contribution in [-0.4, -0.2) is 19.9 Å². The van der Waals surface area contributed by atoms with Gasteiger partial charge in [0.05, 0.1) is 0 Å². The molecule has 8 fully saturated rings. The van der Waals surface area contributed by atoms with Gasteiger partial charge in [0.25, 0.3) is 0 Å². The Balaban J connectivity index is 1.14. The fourth-order valence-corrected chi connectivity index (χ4v) is 13.8. The van der Waals surface area contributed by atoms with Crippen molar-refractivity contribution < 1.29 is 8.42 Å². The average molecular weight is 395 g/mol. The van der Waals surface area contributed by atoms with Crippen molar-refractivity contribution in [2.24, 2.45) is 46.3 Å².